The van der Waals surface area contributed by atoms with Crippen molar-refractivity contribution in [3.63, 3.8) is 0 Å². The maximum Gasteiger partial charge on any atom is 0.352 e. The van der Waals surface area contributed by atoms with Gasteiger partial charge in [-0.1, -0.05) is 48.5 Å². The zero-order valence-electron chi connectivity index (χ0n) is 15.3. The summed E-state index contributed by atoms with van der Waals surface area (Å²) in [6.07, 6.45) is -0.911. The van der Waals surface area contributed by atoms with E-state index in [-0.39, 0.29) is 6.61 Å². The number of esters is 1. The molecule has 3 aromatic carbocycles. The average Bonchev–Trinajstić information content (AvgIpc) is 2.73. The van der Waals surface area contributed by atoms with Crippen LogP contribution in [-0.4, -0.2) is 12.6 Å². The quantitative estimate of drug-likeness (QED) is 0.289. The molecule has 0 N–H and O–H groups in total. The molecule has 1 aromatic heterocycles. The lowest BCUT2D eigenvalue weighted by Gasteiger charge is -2.18. The van der Waals surface area contributed by atoms with Crippen molar-refractivity contribution in [2.45, 2.75) is 13.0 Å². The van der Waals surface area contributed by atoms with Gasteiger partial charge in [0.25, 0.3) is 0 Å². The van der Waals surface area contributed by atoms with Crippen LogP contribution in [0.1, 0.15) is 18.6 Å². The second kappa shape index (κ2) is 7.56. The molecule has 0 saturated carbocycles. The van der Waals surface area contributed by atoms with Crippen molar-refractivity contribution in [1.82, 2.24) is 0 Å². The standard InChI is InChI=1S/C23H18O5/c1-2-26-23(25)21(15-8-4-3-5-9-15)27-16-12-13-18-17-10-6-7-11-19(17)22(24)28-20(18)14-16/h3-14,21H,2H2,1H3/t21-/m0/s1. The number of carbonyl (C=O) groups excluding carboxylic acids is 1. The molecule has 5 nitrogen and oxygen atoms in total. The van der Waals surface area contributed by atoms with Gasteiger partial charge < -0.3 is 13.9 Å². The fraction of sp³-hybridized carbons (Fsp3) is 0.130. The van der Waals surface area contributed by atoms with Crippen LogP contribution in [-0.2, 0) is 9.53 Å². The number of fused-ring (bicyclic) bond motifs is 3. The van der Waals surface area contributed by atoms with Crippen molar-refractivity contribution in [3.05, 3.63) is 88.8 Å². The molecular weight excluding hydrogens is 356 g/mol. The van der Waals surface area contributed by atoms with Crippen molar-refractivity contribution in [2.24, 2.45) is 0 Å². The van der Waals surface area contributed by atoms with Gasteiger partial charge in [0.1, 0.15) is 11.3 Å². The minimum absolute atomic E-state index is 0.254. The second-order valence-electron chi connectivity index (χ2n) is 6.25. The van der Waals surface area contributed by atoms with E-state index >= 15 is 0 Å². The van der Waals surface area contributed by atoms with E-state index < -0.39 is 17.7 Å². The Balaban J connectivity index is 1.76. The molecule has 0 aliphatic heterocycles. The minimum Gasteiger partial charge on any atom is -0.474 e. The molecule has 0 aliphatic carbocycles. The number of hydrogen-bond acceptors (Lipinski definition) is 5. The monoisotopic (exact) mass is 374 g/mol. The van der Waals surface area contributed by atoms with Crippen LogP contribution in [0.3, 0.4) is 0 Å². The highest BCUT2D eigenvalue weighted by atomic mass is 16.6. The zero-order chi connectivity index (χ0) is 19.5. The van der Waals surface area contributed by atoms with Crippen molar-refractivity contribution in [3.8, 4) is 5.75 Å². The Labute approximate surface area is 161 Å². The van der Waals surface area contributed by atoms with E-state index in [0.717, 1.165) is 10.8 Å². The van der Waals surface area contributed by atoms with E-state index in [4.69, 9.17) is 13.9 Å². The summed E-state index contributed by atoms with van der Waals surface area (Å²) in [5.41, 5.74) is 0.670. The second-order valence-corrected chi connectivity index (χ2v) is 6.25. The highest BCUT2D eigenvalue weighted by Gasteiger charge is 2.24. The van der Waals surface area contributed by atoms with Crippen LogP contribution in [0.5, 0.6) is 5.75 Å². The number of benzene rings is 3. The summed E-state index contributed by atoms with van der Waals surface area (Å²) in [6.45, 7) is 2.00. The lowest BCUT2D eigenvalue weighted by atomic mass is 10.1. The number of carbonyl (C=O) groups is 1. The van der Waals surface area contributed by atoms with Gasteiger partial charge in [0.05, 0.1) is 12.0 Å². The van der Waals surface area contributed by atoms with Gasteiger partial charge in [0, 0.05) is 17.0 Å². The minimum atomic E-state index is -0.911. The van der Waals surface area contributed by atoms with Crippen LogP contribution >= 0.6 is 0 Å². The van der Waals surface area contributed by atoms with Gasteiger partial charge in [-0.15, -0.1) is 0 Å². The van der Waals surface area contributed by atoms with Crippen LogP contribution in [0.15, 0.2) is 82.0 Å². The number of ether oxygens (including phenoxy) is 2. The van der Waals surface area contributed by atoms with Crippen LogP contribution in [0.25, 0.3) is 21.7 Å². The van der Waals surface area contributed by atoms with Crippen molar-refractivity contribution < 1.29 is 18.7 Å². The molecule has 28 heavy (non-hydrogen) atoms. The molecule has 0 unspecified atom stereocenters. The van der Waals surface area contributed by atoms with E-state index in [1.807, 2.05) is 36.4 Å². The van der Waals surface area contributed by atoms with Crippen molar-refractivity contribution >= 4 is 27.7 Å². The van der Waals surface area contributed by atoms with Gasteiger partial charge in [-0.2, -0.15) is 0 Å². The summed E-state index contributed by atoms with van der Waals surface area (Å²) in [7, 11) is 0. The zero-order valence-corrected chi connectivity index (χ0v) is 15.3. The highest BCUT2D eigenvalue weighted by molar-refractivity contribution is 6.04. The fourth-order valence-electron chi connectivity index (χ4n) is 3.17. The summed E-state index contributed by atoms with van der Waals surface area (Å²) in [6, 6.07) is 21.6. The molecule has 5 heteroatoms. The number of hydrogen-bond donors (Lipinski definition) is 0. The van der Waals surface area contributed by atoms with Gasteiger partial charge in [0.2, 0.25) is 6.10 Å². The normalized spacial score (nSPS) is 12.0. The van der Waals surface area contributed by atoms with Gasteiger partial charge in [0.15, 0.2) is 0 Å². The first-order chi connectivity index (χ1) is 13.7. The van der Waals surface area contributed by atoms with E-state index in [9.17, 15) is 9.59 Å². The van der Waals surface area contributed by atoms with Crippen molar-refractivity contribution in [2.75, 3.05) is 6.61 Å². The van der Waals surface area contributed by atoms with Crippen LogP contribution in [0.4, 0.5) is 0 Å². The van der Waals surface area contributed by atoms with Gasteiger partial charge in [-0.25, -0.2) is 9.59 Å². The summed E-state index contributed by atoms with van der Waals surface area (Å²) < 4.78 is 16.6. The van der Waals surface area contributed by atoms with Crippen molar-refractivity contribution in [1.29, 1.82) is 0 Å². The highest BCUT2D eigenvalue weighted by Crippen LogP contribution is 2.29. The molecule has 0 fully saturated rings. The molecule has 140 valence electrons. The molecule has 4 rings (SSSR count). The maximum absolute atomic E-state index is 12.4. The first-order valence-corrected chi connectivity index (χ1v) is 9.01. The molecule has 0 spiro atoms. The Morgan fingerprint density at radius 3 is 2.39 bits per heavy atom. The molecule has 4 aromatic rings. The van der Waals surface area contributed by atoms with E-state index in [0.29, 0.717) is 22.3 Å². The van der Waals surface area contributed by atoms with E-state index in [1.165, 1.54) is 0 Å². The Morgan fingerprint density at radius 1 is 0.929 bits per heavy atom. The smallest absolute Gasteiger partial charge is 0.352 e. The first-order valence-electron chi connectivity index (χ1n) is 9.01. The topological polar surface area (TPSA) is 65.7 Å². The third-order valence-corrected chi connectivity index (χ3v) is 4.45. The molecule has 0 radical (unpaired) electrons. The average molecular weight is 374 g/mol. The molecule has 1 heterocycles. The van der Waals surface area contributed by atoms with E-state index in [1.54, 1.807) is 43.3 Å². The SMILES string of the molecule is CCOC(=O)[C@@H](Oc1ccc2c(c1)oc(=O)c1ccccc12)c1ccccc1. The molecule has 0 bridgehead atoms. The molecular formula is C23H18O5. The summed E-state index contributed by atoms with van der Waals surface area (Å²) >= 11 is 0. The van der Waals surface area contributed by atoms with E-state index in [2.05, 4.69) is 0 Å². The van der Waals surface area contributed by atoms with Crippen LogP contribution < -0.4 is 10.4 Å². The summed E-state index contributed by atoms with van der Waals surface area (Å²) in [5.74, 6) is -0.0680. The predicted octanol–water partition coefficient (Wildman–Crippen LogP) is 4.63. The van der Waals surface area contributed by atoms with Crippen LogP contribution in [0, 0.1) is 0 Å². The van der Waals surface area contributed by atoms with Gasteiger partial charge in [-0.05, 0) is 30.5 Å². The molecule has 0 saturated heterocycles. The Bertz CT molecular complexity index is 1190. The Hall–Kier alpha value is -3.60. The Morgan fingerprint density at radius 2 is 1.64 bits per heavy atom. The summed E-state index contributed by atoms with van der Waals surface area (Å²) in [5, 5.41) is 2.14. The molecule has 1 atom stereocenters. The fourth-order valence-corrected chi connectivity index (χ4v) is 3.17. The lowest BCUT2D eigenvalue weighted by Crippen LogP contribution is -2.21. The first kappa shape index (κ1) is 17.8. The maximum atomic E-state index is 12.4. The number of rotatable bonds is 5. The van der Waals surface area contributed by atoms with Gasteiger partial charge in [-0.3, -0.25) is 0 Å². The predicted molar refractivity (Wildman–Crippen MR) is 106 cm³/mol. The third-order valence-electron chi connectivity index (χ3n) is 4.45. The van der Waals surface area contributed by atoms with Gasteiger partial charge >= 0.3 is 11.6 Å². The third kappa shape index (κ3) is 3.34. The molecule has 0 aliphatic rings. The lowest BCUT2D eigenvalue weighted by molar-refractivity contribution is -0.151. The molecule has 0 amide bonds. The summed E-state index contributed by atoms with van der Waals surface area (Å²) in [4.78, 5) is 24.7. The Kier molecular flexibility index (Phi) is 4.81. The van der Waals surface area contributed by atoms with Crippen LogP contribution in [0.2, 0.25) is 0 Å². The largest absolute Gasteiger partial charge is 0.474 e.